The first kappa shape index (κ1) is 26.7. The van der Waals surface area contributed by atoms with Crippen LogP contribution in [0.3, 0.4) is 0 Å². The second-order valence-electron chi connectivity index (χ2n) is 8.00. The maximum atomic E-state index is 12.7. The summed E-state index contributed by atoms with van der Waals surface area (Å²) in [7, 11) is -2.39. The number of methoxy groups -OCH3 is 1. The van der Waals surface area contributed by atoms with E-state index in [2.05, 4.69) is 22.3 Å². The number of rotatable bonds is 8. The lowest BCUT2D eigenvalue weighted by Gasteiger charge is -2.27. The second-order valence-corrected chi connectivity index (χ2v) is 11.1. The highest BCUT2D eigenvalue weighted by atomic mass is 35.5. The van der Waals surface area contributed by atoms with Crippen LogP contribution in [0.5, 0.6) is 5.75 Å². The van der Waals surface area contributed by atoms with Gasteiger partial charge in [-0.3, -0.25) is 14.5 Å². The first-order valence-corrected chi connectivity index (χ1v) is 13.1. The van der Waals surface area contributed by atoms with Crippen LogP contribution in [0.1, 0.15) is 26.4 Å². The van der Waals surface area contributed by atoms with Crippen molar-refractivity contribution < 1.29 is 22.7 Å². The van der Waals surface area contributed by atoms with Crippen LogP contribution in [0.15, 0.2) is 59.5 Å². The highest BCUT2D eigenvalue weighted by molar-refractivity contribution is 7.92. The maximum absolute atomic E-state index is 12.7. The number of ether oxygens (including phenoxy) is 1. The Labute approximate surface area is 214 Å². The van der Waals surface area contributed by atoms with Gasteiger partial charge in [-0.15, -0.1) is 23.7 Å². The lowest BCUT2D eigenvalue weighted by atomic mass is 10.0. The van der Waals surface area contributed by atoms with Crippen LogP contribution < -0.4 is 15.8 Å². The van der Waals surface area contributed by atoms with Crippen molar-refractivity contribution in [3.8, 4) is 5.75 Å². The molecule has 2 heterocycles. The number of carbonyl (C=O) groups excluding carboxylic acids is 2. The molecule has 0 bridgehead atoms. The Morgan fingerprint density at radius 2 is 1.80 bits per heavy atom. The average molecular weight is 536 g/mol. The van der Waals surface area contributed by atoms with Gasteiger partial charge >= 0.3 is 0 Å². The number of nitrogens with two attached hydrogens (primary N) is 1. The van der Waals surface area contributed by atoms with Gasteiger partial charge < -0.3 is 15.8 Å². The van der Waals surface area contributed by atoms with Crippen molar-refractivity contribution in [1.82, 2.24) is 4.90 Å². The molecule has 0 fully saturated rings. The van der Waals surface area contributed by atoms with Gasteiger partial charge in [0.05, 0.1) is 17.6 Å². The normalized spacial score (nSPS) is 13.4. The van der Waals surface area contributed by atoms with Gasteiger partial charge in [-0.2, -0.15) is 0 Å². The lowest BCUT2D eigenvalue weighted by Crippen LogP contribution is -2.30. The zero-order valence-corrected chi connectivity index (χ0v) is 21.5. The second kappa shape index (κ2) is 11.2. The average Bonchev–Trinajstić information content (AvgIpc) is 3.16. The number of fused-ring (bicyclic) bond motifs is 1. The zero-order chi connectivity index (χ0) is 24.3. The Bertz CT molecular complexity index is 1310. The number of amides is 2. The summed E-state index contributed by atoms with van der Waals surface area (Å²) in [5.74, 6) is -1.60. The molecule has 2 amide bonds. The Balaban J connectivity index is 0.00000342. The summed E-state index contributed by atoms with van der Waals surface area (Å²) in [5.41, 5.74) is 7.93. The lowest BCUT2D eigenvalue weighted by molar-refractivity contribution is -0.113. The van der Waals surface area contributed by atoms with Crippen LogP contribution in [-0.2, 0) is 34.1 Å². The molecule has 1 aromatic heterocycles. The van der Waals surface area contributed by atoms with E-state index < -0.39 is 27.4 Å². The minimum absolute atomic E-state index is 0. The number of primary amides is 1. The predicted molar refractivity (Wildman–Crippen MR) is 138 cm³/mol. The van der Waals surface area contributed by atoms with Gasteiger partial charge in [0.15, 0.2) is 9.84 Å². The molecule has 3 N–H and O–H groups in total. The quantitative estimate of drug-likeness (QED) is 0.457. The summed E-state index contributed by atoms with van der Waals surface area (Å²) in [6.45, 7) is 2.14. The first-order chi connectivity index (χ1) is 16.3. The molecule has 0 saturated heterocycles. The third-order valence-electron chi connectivity index (χ3n) is 5.62. The van der Waals surface area contributed by atoms with Gasteiger partial charge in [-0.1, -0.05) is 30.3 Å². The van der Waals surface area contributed by atoms with E-state index in [-0.39, 0.29) is 22.9 Å². The van der Waals surface area contributed by atoms with E-state index in [0.29, 0.717) is 23.7 Å². The first-order valence-electron chi connectivity index (χ1n) is 10.6. The number of hydrogen-bond acceptors (Lipinski definition) is 7. The number of nitrogens with one attached hydrogen (secondary N) is 1. The molecule has 4 rings (SSSR count). The molecule has 0 unspecified atom stereocenters. The Kier molecular flexibility index (Phi) is 8.55. The van der Waals surface area contributed by atoms with E-state index in [1.807, 2.05) is 18.2 Å². The number of carbonyl (C=O) groups is 2. The fourth-order valence-electron chi connectivity index (χ4n) is 3.98. The molecule has 1 aliphatic heterocycles. The largest absolute Gasteiger partial charge is 0.497 e. The van der Waals surface area contributed by atoms with Crippen LogP contribution in [0.25, 0.3) is 0 Å². The van der Waals surface area contributed by atoms with Gasteiger partial charge in [0.1, 0.15) is 16.5 Å². The summed E-state index contributed by atoms with van der Waals surface area (Å²) in [5, 5.41) is 2.92. The van der Waals surface area contributed by atoms with E-state index in [0.717, 1.165) is 23.5 Å². The molecule has 2 aromatic carbocycles. The number of benzene rings is 2. The molecular formula is C24H26ClN3O5S2. The fourth-order valence-corrected chi connectivity index (χ4v) is 6.43. The summed E-state index contributed by atoms with van der Waals surface area (Å²) in [6, 6.07) is 15.9. The van der Waals surface area contributed by atoms with E-state index in [1.165, 1.54) is 48.3 Å². The molecule has 0 aliphatic carbocycles. The topological polar surface area (TPSA) is 119 Å². The number of sulfone groups is 1. The Morgan fingerprint density at radius 3 is 2.43 bits per heavy atom. The van der Waals surface area contributed by atoms with Crippen molar-refractivity contribution in [2.75, 3.05) is 24.7 Å². The van der Waals surface area contributed by atoms with Crippen molar-refractivity contribution in [3.63, 3.8) is 0 Å². The summed E-state index contributed by atoms with van der Waals surface area (Å²) >= 11 is 1.27. The van der Waals surface area contributed by atoms with Crippen LogP contribution >= 0.6 is 23.7 Å². The molecule has 8 nitrogen and oxygen atoms in total. The number of nitrogens with zero attached hydrogens (tertiary/aromatic N) is 1. The third kappa shape index (κ3) is 6.21. The minimum Gasteiger partial charge on any atom is -0.497 e. The molecule has 0 atom stereocenters. The maximum Gasteiger partial charge on any atom is 0.251 e. The van der Waals surface area contributed by atoms with Crippen molar-refractivity contribution in [3.05, 3.63) is 76.2 Å². The third-order valence-corrected chi connectivity index (χ3v) is 8.39. The molecule has 1 aliphatic rings. The molecule has 0 radical (unpaired) electrons. The molecular weight excluding hydrogens is 510 g/mol. The van der Waals surface area contributed by atoms with E-state index in [9.17, 15) is 18.0 Å². The summed E-state index contributed by atoms with van der Waals surface area (Å²) < 4.78 is 30.4. The molecule has 35 heavy (non-hydrogen) atoms. The Morgan fingerprint density at radius 1 is 1.11 bits per heavy atom. The van der Waals surface area contributed by atoms with Gasteiger partial charge in [0, 0.05) is 24.5 Å². The van der Waals surface area contributed by atoms with Crippen LogP contribution in [0.2, 0.25) is 0 Å². The van der Waals surface area contributed by atoms with Gasteiger partial charge in [0.25, 0.3) is 5.91 Å². The molecule has 186 valence electrons. The van der Waals surface area contributed by atoms with Gasteiger partial charge in [-0.25, -0.2) is 8.42 Å². The van der Waals surface area contributed by atoms with Gasteiger partial charge in [-0.05, 0) is 41.8 Å². The van der Waals surface area contributed by atoms with Crippen LogP contribution in [-0.4, -0.2) is 44.5 Å². The summed E-state index contributed by atoms with van der Waals surface area (Å²) in [4.78, 5) is 28.1. The SMILES string of the molecule is COc1ccc(S(=O)(=O)CC(=O)Nc2sc3c(c2C(N)=O)CCN(Cc2ccccc2)C3)cc1.Cl. The smallest absolute Gasteiger partial charge is 0.251 e. The number of hydrogen-bond donors (Lipinski definition) is 2. The van der Waals surface area contributed by atoms with E-state index in [1.54, 1.807) is 0 Å². The molecule has 0 saturated carbocycles. The van der Waals surface area contributed by atoms with E-state index in [4.69, 9.17) is 10.5 Å². The molecule has 11 heteroatoms. The number of anilines is 1. The monoisotopic (exact) mass is 535 g/mol. The van der Waals surface area contributed by atoms with E-state index >= 15 is 0 Å². The number of halogens is 1. The summed E-state index contributed by atoms with van der Waals surface area (Å²) in [6.07, 6.45) is 0.622. The Hall–Kier alpha value is -2.92. The van der Waals surface area contributed by atoms with Crippen molar-refractivity contribution >= 4 is 50.4 Å². The standard InChI is InChI=1S/C24H25N3O5S2.ClH/c1-32-17-7-9-18(10-8-17)34(30,31)15-21(28)26-24-22(23(25)29)19-11-12-27(14-20(19)33-24)13-16-5-3-2-4-6-16;/h2-10H,11-15H2,1H3,(H2,25,29)(H,26,28);1H. The van der Waals surface area contributed by atoms with Crippen molar-refractivity contribution in [2.45, 2.75) is 24.4 Å². The minimum atomic E-state index is -3.87. The molecule has 3 aromatic rings. The zero-order valence-electron chi connectivity index (χ0n) is 19.0. The van der Waals surface area contributed by atoms with Crippen LogP contribution in [0.4, 0.5) is 5.00 Å². The highest BCUT2D eigenvalue weighted by Crippen LogP contribution is 2.37. The number of thiophene rings is 1. The fraction of sp³-hybridized carbons (Fsp3) is 0.250. The van der Waals surface area contributed by atoms with Crippen LogP contribution in [0, 0.1) is 0 Å². The highest BCUT2D eigenvalue weighted by Gasteiger charge is 2.29. The molecule has 0 spiro atoms. The predicted octanol–water partition coefficient (Wildman–Crippen LogP) is 3.25. The van der Waals surface area contributed by atoms with Gasteiger partial charge in [0.2, 0.25) is 5.91 Å². The van der Waals surface area contributed by atoms with Crippen molar-refractivity contribution in [1.29, 1.82) is 0 Å². The van der Waals surface area contributed by atoms with Crippen molar-refractivity contribution in [2.24, 2.45) is 5.73 Å².